The van der Waals surface area contributed by atoms with Crippen molar-refractivity contribution in [2.45, 2.75) is 6.54 Å². The first-order valence-corrected chi connectivity index (χ1v) is 12.7. The molecule has 0 radical (unpaired) electrons. The number of amides is 1. The Morgan fingerprint density at radius 2 is 1.59 bits per heavy atom. The highest BCUT2D eigenvalue weighted by Gasteiger charge is 2.25. The van der Waals surface area contributed by atoms with E-state index in [1.807, 2.05) is 40.1 Å². The summed E-state index contributed by atoms with van der Waals surface area (Å²) in [6, 6.07) is 14.4. The third-order valence-corrected chi connectivity index (χ3v) is 7.44. The molecule has 2 aliphatic heterocycles. The summed E-state index contributed by atoms with van der Waals surface area (Å²) in [6.07, 6.45) is 1.24. The van der Waals surface area contributed by atoms with Gasteiger partial charge in [0.1, 0.15) is 5.82 Å². The van der Waals surface area contributed by atoms with E-state index in [9.17, 15) is 17.6 Å². The van der Waals surface area contributed by atoms with Crippen LogP contribution in [0.4, 0.5) is 10.1 Å². The molecule has 0 atom stereocenters. The zero-order valence-electron chi connectivity index (χ0n) is 18.3. The molecule has 0 bridgehead atoms. The molecule has 2 heterocycles. The molecule has 172 valence electrons. The third-order valence-electron chi connectivity index (χ3n) is 6.14. The van der Waals surface area contributed by atoms with E-state index in [2.05, 4.69) is 4.90 Å². The van der Waals surface area contributed by atoms with Crippen LogP contribution in [0.1, 0.15) is 15.9 Å². The molecule has 2 aromatic carbocycles. The number of sulfonamides is 1. The molecule has 2 aromatic rings. The van der Waals surface area contributed by atoms with Crippen LogP contribution in [-0.2, 0) is 16.6 Å². The molecule has 4 rings (SSSR count). The molecule has 32 heavy (non-hydrogen) atoms. The van der Waals surface area contributed by atoms with Gasteiger partial charge in [0.05, 0.1) is 11.9 Å². The first-order chi connectivity index (χ1) is 15.3. The van der Waals surface area contributed by atoms with Crippen LogP contribution in [0.5, 0.6) is 0 Å². The van der Waals surface area contributed by atoms with Gasteiger partial charge in [0, 0.05) is 64.5 Å². The highest BCUT2D eigenvalue weighted by molar-refractivity contribution is 7.88. The van der Waals surface area contributed by atoms with Crippen LogP contribution in [0.3, 0.4) is 0 Å². The number of benzene rings is 2. The van der Waals surface area contributed by atoms with Gasteiger partial charge < -0.3 is 9.80 Å². The van der Waals surface area contributed by atoms with E-state index >= 15 is 0 Å². The van der Waals surface area contributed by atoms with E-state index in [1.165, 1.54) is 16.6 Å². The Morgan fingerprint density at radius 1 is 0.906 bits per heavy atom. The standard InChI is InChI=1S/C23H29FN4O3S/c1-32(30,31)28-15-9-25(10-16-28)18-19-5-4-6-20(17-19)23(29)27-13-11-26(12-14-27)22-8-3-2-7-21(22)24/h2-8,17H,9-16,18H2,1H3. The highest BCUT2D eigenvalue weighted by atomic mass is 32.2. The first-order valence-electron chi connectivity index (χ1n) is 10.9. The molecule has 0 aromatic heterocycles. The molecule has 0 spiro atoms. The van der Waals surface area contributed by atoms with Crippen molar-refractivity contribution in [3.8, 4) is 0 Å². The Hall–Kier alpha value is -2.49. The number of halogens is 1. The summed E-state index contributed by atoms with van der Waals surface area (Å²) in [5.74, 6) is -0.251. The predicted octanol–water partition coefficient (Wildman–Crippen LogP) is 1.87. The molecule has 2 saturated heterocycles. The molecule has 9 heteroatoms. The molecular formula is C23H29FN4O3S. The predicted molar refractivity (Wildman–Crippen MR) is 123 cm³/mol. The van der Waals surface area contributed by atoms with Crippen molar-refractivity contribution in [1.82, 2.24) is 14.1 Å². The Labute approximate surface area is 189 Å². The average molecular weight is 461 g/mol. The second-order valence-electron chi connectivity index (χ2n) is 8.37. The lowest BCUT2D eigenvalue weighted by atomic mass is 10.1. The Balaban J connectivity index is 1.34. The molecule has 2 fully saturated rings. The molecule has 0 saturated carbocycles. The van der Waals surface area contributed by atoms with Gasteiger partial charge in [0.25, 0.3) is 5.91 Å². The van der Waals surface area contributed by atoms with Crippen molar-refractivity contribution in [1.29, 1.82) is 0 Å². The summed E-state index contributed by atoms with van der Waals surface area (Å²) in [5.41, 5.74) is 2.27. The summed E-state index contributed by atoms with van der Waals surface area (Å²) >= 11 is 0. The molecule has 0 unspecified atom stereocenters. The maximum Gasteiger partial charge on any atom is 0.253 e. The number of hydrogen-bond donors (Lipinski definition) is 0. The van der Waals surface area contributed by atoms with Gasteiger partial charge in [-0.15, -0.1) is 0 Å². The number of anilines is 1. The van der Waals surface area contributed by atoms with Gasteiger partial charge in [-0.2, -0.15) is 4.31 Å². The molecule has 0 aliphatic carbocycles. The molecule has 1 amide bonds. The van der Waals surface area contributed by atoms with Crippen LogP contribution in [0.2, 0.25) is 0 Å². The van der Waals surface area contributed by atoms with Gasteiger partial charge in [-0.1, -0.05) is 24.3 Å². The van der Waals surface area contributed by atoms with Crippen LogP contribution in [0.25, 0.3) is 0 Å². The van der Waals surface area contributed by atoms with Gasteiger partial charge in [0.2, 0.25) is 10.0 Å². The van der Waals surface area contributed by atoms with Crippen molar-refractivity contribution >= 4 is 21.6 Å². The highest BCUT2D eigenvalue weighted by Crippen LogP contribution is 2.21. The summed E-state index contributed by atoms with van der Waals surface area (Å²) in [7, 11) is -3.14. The SMILES string of the molecule is CS(=O)(=O)N1CCN(Cc2cccc(C(=O)N3CCN(c4ccccc4F)CC3)c2)CC1. The summed E-state index contributed by atoms with van der Waals surface area (Å²) in [5, 5.41) is 0. The van der Waals surface area contributed by atoms with Crippen molar-refractivity contribution in [2.75, 3.05) is 63.5 Å². The monoisotopic (exact) mass is 460 g/mol. The minimum atomic E-state index is -3.14. The van der Waals surface area contributed by atoms with Gasteiger partial charge in [-0.3, -0.25) is 9.69 Å². The summed E-state index contributed by atoms with van der Waals surface area (Å²) in [4.78, 5) is 19.1. The van der Waals surface area contributed by atoms with Crippen LogP contribution < -0.4 is 4.90 Å². The van der Waals surface area contributed by atoms with E-state index in [4.69, 9.17) is 0 Å². The Kier molecular flexibility index (Phi) is 6.78. The Morgan fingerprint density at radius 3 is 2.25 bits per heavy atom. The average Bonchev–Trinajstić information content (AvgIpc) is 2.79. The number of rotatable bonds is 5. The number of hydrogen-bond acceptors (Lipinski definition) is 5. The Bertz CT molecular complexity index is 1060. The second-order valence-corrected chi connectivity index (χ2v) is 10.4. The largest absolute Gasteiger partial charge is 0.366 e. The quantitative estimate of drug-likeness (QED) is 0.682. The van der Waals surface area contributed by atoms with Crippen molar-refractivity contribution in [3.63, 3.8) is 0 Å². The van der Waals surface area contributed by atoms with Gasteiger partial charge in [0.15, 0.2) is 0 Å². The van der Waals surface area contributed by atoms with E-state index in [1.54, 1.807) is 12.1 Å². The van der Waals surface area contributed by atoms with Crippen LogP contribution in [0, 0.1) is 5.82 Å². The zero-order chi connectivity index (χ0) is 22.7. The minimum Gasteiger partial charge on any atom is -0.366 e. The van der Waals surface area contributed by atoms with E-state index in [0.717, 1.165) is 5.56 Å². The fraction of sp³-hybridized carbons (Fsp3) is 0.435. The number of para-hydroxylation sites is 1. The van der Waals surface area contributed by atoms with Crippen LogP contribution >= 0.6 is 0 Å². The number of carbonyl (C=O) groups excluding carboxylic acids is 1. The fourth-order valence-electron chi connectivity index (χ4n) is 4.32. The van der Waals surface area contributed by atoms with Gasteiger partial charge in [-0.05, 0) is 29.8 Å². The maximum absolute atomic E-state index is 14.1. The lowest BCUT2D eigenvalue weighted by Crippen LogP contribution is -2.49. The van der Waals surface area contributed by atoms with Crippen molar-refractivity contribution < 1.29 is 17.6 Å². The lowest BCUT2D eigenvalue weighted by Gasteiger charge is -2.36. The third kappa shape index (κ3) is 5.28. The number of nitrogens with zero attached hydrogens (tertiary/aromatic N) is 4. The number of carbonyl (C=O) groups is 1. The summed E-state index contributed by atoms with van der Waals surface area (Å²) in [6.45, 7) is 5.28. The van der Waals surface area contributed by atoms with Crippen LogP contribution in [0.15, 0.2) is 48.5 Å². The smallest absolute Gasteiger partial charge is 0.253 e. The van der Waals surface area contributed by atoms with E-state index in [0.29, 0.717) is 70.2 Å². The normalized spacial score (nSPS) is 18.7. The second kappa shape index (κ2) is 9.56. The molecular weight excluding hydrogens is 431 g/mol. The summed E-state index contributed by atoms with van der Waals surface area (Å²) < 4.78 is 38.9. The van der Waals surface area contributed by atoms with Gasteiger partial charge in [-0.25, -0.2) is 12.8 Å². The lowest BCUT2D eigenvalue weighted by molar-refractivity contribution is 0.0746. The zero-order valence-corrected chi connectivity index (χ0v) is 19.1. The molecule has 7 nitrogen and oxygen atoms in total. The topological polar surface area (TPSA) is 64.2 Å². The number of piperazine rings is 2. The fourth-order valence-corrected chi connectivity index (χ4v) is 5.15. The van der Waals surface area contributed by atoms with Crippen LogP contribution in [-0.4, -0.2) is 87.0 Å². The van der Waals surface area contributed by atoms with E-state index < -0.39 is 10.0 Å². The van der Waals surface area contributed by atoms with E-state index in [-0.39, 0.29) is 11.7 Å². The maximum atomic E-state index is 14.1. The minimum absolute atomic E-state index is 0.0121. The van der Waals surface area contributed by atoms with Crippen molar-refractivity contribution in [2.24, 2.45) is 0 Å². The molecule has 0 N–H and O–H groups in total. The first kappa shape index (κ1) is 22.7. The van der Waals surface area contributed by atoms with Gasteiger partial charge >= 0.3 is 0 Å². The van der Waals surface area contributed by atoms with Crippen molar-refractivity contribution in [3.05, 3.63) is 65.5 Å². The molecule has 2 aliphatic rings.